The van der Waals surface area contributed by atoms with Crippen molar-refractivity contribution in [2.45, 2.75) is 26.3 Å². The Morgan fingerprint density at radius 1 is 1.13 bits per heavy atom. The molecule has 6 nitrogen and oxygen atoms in total. The highest BCUT2D eigenvalue weighted by molar-refractivity contribution is 5.84. The van der Waals surface area contributed by atoms with Crippen molar-refractivity contribution >= 4 is 17.6 Å². The Morgan fingerprint density at radius 3 is 2.63 bits per heavy atom. The van der Waals surface area contributed by atoms with E-state index in [2.05, 4.69) is 9.88 Å². The summed E-state index contributed by atoms with van der Waals surface area (Å²) < 4.78 is 13.5. The molecule has 2 saturated heterocycles. The molecule has 1 atom stereocenters. The molecule has 0 N–H and O–H groups in total. The summed E-state index contributed by atoms with van der Waals surface area (Å²) in [6.07, 6.45) is 0.940. The average molecular weight is 410 g/mol. The summed E-state index contributed by atoms with van der Waals surface area (Å²) in [5.41, 5.74) is 1.73. The summed E-state index contributed by atoms with van der Waals surface area (Å²) in [4.78, 5) is 35.8. The fourth-order valence-corrected chi connectivity index (χ4v) is 4.24. The Bertz CT molecular complexity index is 927. The molecule has 1 aromatic carbocycles. The monoisotopic (exact) mass is 410 g/mol. The van der Waals surface area contributed by atoms with E-state index in [1.54, 1.807) is 17.0 Å². The van der Waals surface area contributed by atoms with Gasteiger partial charge in [0.25, 0.3) is 0 Å². The van der Waals surface area contributed by atoms with E-state index >= 15 is 0 Å². The number of pyridine rings is 1. The lowest BCUT2D eigenvalue weighted by Crippen LogP contribution is -2.53. The zero-order chi connectivity index (χ0) is 21.1. The maximum Gasteiger partial charge on any atom is 0.227 e. The van der Waals surface area contributed by atoms with E-state index in [-0.39, 0.29) is 23.5 Å². The smallest absolute Gasteiger partial charge is 0.227 e. The fraction of sp³-hybridized carbons (Fsp3) is 0.435. The summed E-state index contributed by atoms with van der Waals surface area (Å²) in [6, 6.07) is 12.3. The van der Waals surface area contributed by atoms with E-state index in [1.807, 2.05) is 30.0 Å². The van der Waals surface area contributed by atoms with Gasteiger partial charge in [-0.1, -0.05) is 18.2 Å². The van der Waals surface area contributed by atoms with Gasteiger partial charge in [0.2, 0.25) is 11.8 Å². The summed E-state index contributed by atoms with van der Waals surface area (Å²) >= 11 is 0. The van der Waals surface area contributed by atoms with Crippen molar-refractivity contribution in [2.75, 3.05) is 37.6 Å². The predicted octanol–water partition coefficient (Wildman–Crippen LogP) is 2.62. The van der Waals surface area contributed by atoms with Crippen molar-refractivity contribution < 1.29 is 14.0 Å². The zero-order valence-corrected chi connectivity index (χ0v) is 17.3. The number of nitrogens with zero attached hydrogens (tertiary/aromatic N) is 4. The van der Waals surface area contributed by atoms with Crippen LogP contribution in [0.25, 0.3) is 0 Å². The van der Waals surface area contributed by atoms with Gasteiger partial charge < -0.3 is 14.7 Å². The largest absolute Gasteiger partial charge is 0.353 e. The van der Waals surface area contributed by atoms with Crippen LogP contribution in [0.2, 0.25) is 0 Å². The van der Waals surface area contributed by atoms with Crippen molar-refractivity contribution in [1.29, 1.82) is 0 Å². The van der Waals surface area contributed by atoms with Crippen molar-refractivity contribution in [3.05, 3.63) is 59.5 Å². The number of rotatable bonds is 4. The molecule has 0 saturated carbocycles. The number of piperazine rings is 1. The molecule has 0 aliphatic carbocycles. The van der Waals surface area contributed by atoms with Crippen LogP contribution in [0, 0.1) is 18.7 Å². The first-order valence-electron chi connectivity index (χ1n) is 10.5. The number of aryl methyl sites for hydroxylation is 1. The lowest BCUT2D eigenvalue weighted by Gasteiger charge is -2.39. The third-order valence-corrected chi connectivity index (χ3v) is 5.90. The Kier molecular flexibility index (Phi) is 5.97. The minimum absolute atomic E-state index is 0.0265. The first-order chi connectivity index (χ1) is 14.5. The minimum Gasteiger partial charge on any atom is -0.353 e. The number of hydrogen-bond donors (Lipinski definition) is 0. The van der Waals surface area contributed by atoms with Gasteiger partial charge in [0.05, 0.1) is 5.92 Å². The molecule has 2 aliphatic heterocycles. The maximum absolute atomic E-state index is 13.5. The maximum atomic E-state index is 13.5. The average Bonchev–Trinajstić information content (AvgIpc) is 2.75. The molecule has 4 rings (SSSR count). The highest BCUT2D eigenvalue weighted by atomic mass is 19.1. The van der Waals surface area contributed by atoms with Crippen molar-refractivity contribution in [1.82, 2.24) is 14.8 Å². The zero-order valence-electron chi connectivity index (χ0n) is 17.3. The van der Waals surface area contributed by atoms with Crippen LogP contribution in [-0.4, -0.2) is 59.3 Å². The van der Waals surface area contributed by atoms with E-state index in [1.165, 1.54) is 12.1 Å². The molecule has 0 bridgehead atoms. The third-order valence-electron chi connectivity index (χ3n) is 5.90. The van der Waals surface area contributed by atoms with E-state index in [9.17, 15) is 14.0 Å². The predicted molar refractivity (Wildman–Crippen MR) is 112 cm³/mol. The second-order valence-electron chi connectivity index (χ2n) is 8.09. The first kappa shape index (κ1) is 20.3. The summed E-state index contributed by atoms with van der Waals surface area (Å²) in [5.74, 6) is 0.583. The highest BCUT2D eigenvalue weighted by Crippen LogP contribution is 2.23. The van der Waals surface area contributed by atoms with Gasteiger partial charge in [-0.05, 0) is 43.2 Å². The Labute approximate surface area is 176 Å². The van der Waals surface area contributed by atoms with E-state index < -0.39 is 0 Å². The van der Waals surface area contributed by atoms with Crippen molar-refractivity contribution in [3.63, 3.8) is 0 Å². The van der Waals surface area contributed by atoms with Gasteiger partial charge in [-0.2, -0.15) is 0 Å². The summed E-state index contributed by atoms with van der Waals surface area (Å²) in [6.45, 7) is 5.53. The van der Waals surface area contributed by atoms with E-state index in [0.29, 0.717) is 39.0 Å². The van der Waals surface area contributed by atoms with E-state index in [4.69, 9.17) is 0 Å². The van der Waals surface area contributed by atoms with E-state index in [0.717, 1.165) is 30.2 Å². The second kappa shape index (κ2) is 8.81. The SMILES string of the molecule is Cc1cccc(N2CCN(C(=O)[C@@H]3CCC(=O)N(Cc4cccc(F)c4)C3)CC2)n1. The Morgan fingerprint density at radius 2 is 1.90 bits per heavy atom. The van der Waals surface area contributed by atoms with Gasteiger partial charge in [0.1, 0.15) is 11.6 Å². The highest BCUT2D eigenvalue weighted by Gasteiger charge is 2.34. The molecule has 2 aliphatic rings. The number of anilines is 1. The Hall–Kier alpha value is -2.96. The molecular weight excluding hydrogens is 383 g/mol. The molecule has 2 fully saturated rings. The van der Waals surface area contributed by atoms with Crippen LogP contribution in [0.4, 0.5) is 10.2 Å². The lowest BCUT2D eigenvalue weighted by atomic mass is 9.95. The molecule has 0 spiro atoms. The molecule has 3 heterocycles. The van der Waals surface area contributed by atoms with Crippen molar-refractivity contribution in [2.24, 2.45) is 5.92 Å². The molecule has 2 aromatic rings. The minimum atomic E-state index is -0.314. The molecule has 1 aromatic heterocycles. The number of hydrogen-bond acceptors (Lipinski definition) is 4. The van der Waals surface area contributed by atoms with Crippen LogP contribution in [0.15, 0.2) is 42.5 Å². The molecule has 2 amide bonds. The van der Waals surface area contributed by atoms with Crippen LogP contribution in [-0.2, 0) is 16.1 Å². The topological polar surface area (TPSA) is 56.8 Å². The van der Waals surface area contributed by atoms with Gasteiger partial charge >= 0.3 is 0 Å². The number of aromatic nitrogens is 1. The summed E-state index contributed by atoms with van der Waals surface area (Å²) in [5, 5.41) is 0. The quantitative estimate of drug-likeness (QED) is 0.778. The van der Waals surface area contributed by atoms with Crippen LogP contribution in [0.3, 0.4) is 0 Å². The number of halogens is 1. The van der Waals surface area contributed by atoms with Gasteiger partial charge in [-0.25, -0.2) is 9.37 Å². The molecule has 158 valence electrons. The van der Waals surface area contributed by atoms with Crippen LogP contribution in [0.5, 0.6) is 0 Å². The normalized spacial score (nSPS) is 19.9. The number of amides is 2. The van der Waals surface area contributed by atoms with Gasteiger partial charge in [0.15, 0.2) is 0 Å². The third kappa shape index (κ3) is 4.61. The van der Waals surface area contributed by atoms with Crippen LogP contribution in [0.1, 0.15) is 24.1 Å². The molecule has 0 unspecified atom stereocenters. The van der Waals surface area contributed by atoms with Crippen molar-refractivity contribution in [3.8, 4) is 0 Å². The number of carbonyl (C=O) groups is 2. The molecule has 0 radical (unpaired) electrons. The first-order valence-corrected chi connectivity index (χ1v) is 10.5. The lowest BCUT2D eigenvalue weighted by molar-refractivity contribution is -0.143. The Balaban J connectivity index is 1.35. The second-order valence-corrected chi connectivity index (χ2v) is 8.09. The number of benzene rings is 1. The molecule has 7 heteroatoms. The van der Waals surface area contributed by atoms with Crippen LogP contribution < -0.4 is 4.90 Å². The van der Waals surface area contributed by atoms with Gasteiger partial charge in [-0.3, -0.25) is 9.59 Å². The standard InChI is InChI=1S/C23H27FN4O2/c1-17-4-2-7-21(25-17)26-10-12-27(13-11-26)23(30)19-8-9-22(29)28(16-19)15-18-5-3-6-20(24)14-18/h2-7,14,19H,8-13,15-16H2,1H3/t19-/m1/s1. The van der Waals surface area contributed by atoms with Crippen LogP contribution >= 0.6 is 0 Å². The number of carbonyl (C=O) groups excluding carboxylic acids is 2. The fourth-order valence-electron chi connectivity index (χ4n) is 4.24. The summed E-state index contributed by atoms with van der Waals surface area (Å²) in [7, 11) is 0. The number of piperidine rings is 1. The molecular formula is C23H27FN4O2. The van der Waals surface area contributed by atoms with Gasteiger partial charge in [-0.15, -0.1) is 0 Å². The molecule has 30 heavy (non-hydrogen) atoms. The number of likely N-dealkylation sites (tertiary alicyclic amines) is 1. The van der Waals surface area contributed by atoms with Gasteiger partial charge in [0, 0.05) is 51.4 Å².